The molecule has 0 bridgehead atoms. The van der Waals surface area contributed by atoms with Gasteiger partial charge in [0.15, 0.2) is 22.6 Å². The molecule has 3 saturated heterocycles. The molecule has 6 fully saturated rings. The number of benzene rings is 4. The molecule has 28 nitrogen and oxygen atoms in total. The number of likely N-dealkylation sites (tertiary alicyclic amines) is 1. The van der Waals surface area contributed by atoms with E-state index in [0.717, 1.165) is 208 Å². The molecule has 7 N–H and O–H groups in total. The minimum atomic E-state index is -0.110. The maximum absolute atomic E-state index is 14.0. The topological polar surface area (TPSA) is 289 Å². The fourth-order valence-electron chi connectivity index (χ4n) is 17.5. The fraction of sp³-hybridized carbons (Fsp3) is 0.348. The Bertz CT molecular complexity index is 6640. The van der Waals surface area contributed by atoms with Gasteiger partial charge in [-0.3, -0.25) is 36.8 Å². The number of hydrogen-bond donors (Lipinski definition) is 7. The molecule has 0 unspecified atom stereocenters. The van der Waals surface area contributed by atoms with Gasteiger partial charge in [0.25, 0.3) is 23.6 Å². The summed E-state index contributed by atoms with van der Waals surface area (Å²) in [4.78, 5) is 104. The number of piperazine rings is 1. The Morgan fingerprint density at radius 3 is 1.18 bits per heavy atom. The molecule has 12 aromatic heterocycles. The van der Waals surface area contributed by atoms with Crippen molar-refractivity contribution in [2.75, 3.05) is 128 Å². The normalized spacial score (nSPS) is 17.3. The van der Waals surface area contributed by atoms with Crippen LogP contribution in [0.25, 0.3) is 111 Å². The number of para-hydroxylation sites is 8. The Morgan fingerprint density at radius 1 is 0.408 bits per heavy atom. The average molecular weight is 1610 g/mol. The molecule has 3 saturated carbocycles. The zero-order valence-corrected chi connectivity index (χ0v) is 68.6. The van der Waals surface area contributed by atoms with Crippen molar-refractivity contribution in [2.45, 2.75) is 102 Å². The van der Waals surface area contributed by atoms with Crippen molar-refractivity contribution in [1.29, 1.82) is 0 Å². The van der Waals surface area contributed by atoms with Crippen LogP contribution in [0.15, 0.2) is 170 Å². The van der Waals surface area contributed by atoms with Crippen LogP contribution in [0, 0.1) is 0 Å². The molecule has 0 radical (unpaired) electrons. The summed E-state index contributed by atoms with van der Waals surface area (Å²) in [6.07, 6.45) is 17.4. The molecule has 120 heavy (non-hydrogen) atoms. The number of imidazole rings is 4. The molecule has 0 spiro atoms. The molecular formula is C92H100N24O4. The summed E-state index contributed by atoms with van der Waals surface area (Å²) >= 11 is 0. The molecule has 612 valence electrons. The second-order valence-electron chi connectivity index (χ2n) is 33.0. The van der Waals surface area contributed by atoms with Crippen LogP contribution in [0.5, 0.6) is 0 Å². The highest BCUT2D eigenvalue weighted by Gasteiger charge is 2.36. The molecule has 3 aliphatic carbocycles. The molecule has 16 aromatic rings. The number of pyridine rings is 8. The number of aromatic nitrogens is 12. The quantitative estimate of drug-likeness (QED) is 0.0446. The van der Waals surface area contributed by atoms with Gasteiger partial charge in [-0.15, -0.1) is 0 Å². The van der Waals surface area contributed by atoms with E-state index in [-0.39, 0.29) is 35.7 Å². The summed E-state index contributed by atoms with van der Waals surface area (Å²) < 4.78 is 8.09. The van der Waals surface area contributed by atoms with Crippen LogP contribution in [0.1, 0.15) is 113 Å². The summed E-state index contributed by atoms with van der Waals surface area (Å²) in [6.45, 7) is 14.1. The van der Waals surface area contributed by atoms with E-state index in [2.05, 4.69) is 93.3 Å². The van der Waals surface area contributed by atoms with Crippen molar-refractivity contribution in [3.05, 3.63) is 193 Å². The lowest BCUT2D eigenvalue weighted by Crippen LogP contribution is -2.56. The van der Waals surface area contributed by atoms with Crippen LogP contribution in [0.4, 0.5) is 22.7 Å². The van der Waals surface area contributed by atoms with Gasteiger partial charge in [0, 0.05) is 142 Å². The van der Waals surface area contributed by atoms with Crippen molar-refractivity contribution in [3.8, 4) is 0 Å². The van der Waals surface area contributed by atoms with Crippen LogP contribution in [0.2, 0.25) is 0 Å². The van der Waals surface area contributed by atoms with Crippen LogP contribution >= 0.6 is 0 Å². The zero-order valence-electron chi connectivity index (χ0n) is 68.6. The molecule has 22 rings (SSSR count). The lowest BCUT2D eigenvalue weighted by Gasteiger charge is -2.36. The largest absolute Gasteiger partial charge is 0.387 e. The Hall–Kier alpha value is -12.8. The number of rotatable bonds is 17. The van der Waals surface area contributed by atoms with Gasteiger partial charge in [-0.25, -0.2) is 39.9 Å². The molecule has 15 heterocycles. The second kappa shape index (κ2) is 32.9. The van der Waals surface area contributed by atoms with E-state index >= 15 is 0 Å². The lowest BCUT2D eigenvalue weighted by atomic mass is 10.1. The van der Waals surface area contributed by atoms with E-state index in [1.165, 1.54) is 12.8 Å². The van der Waals surface area contributed by atoms with Gasteiger partial charge >= 0.3 is 0 Å². The number of nitrogens with zero attached hydrogens (tertiary/aromatic N) is 17. The van der Waals surface area contributed by atoms with Crippen LogP contribution < -0.4 is 37.2 Å². The van der Waals surface area contributed by atoms with E-state index in [4.69, 9.17) is 24.9 Å². The van der Waals surface area contributed by atoms with Crippen molar-refractivity contribution in [3.63, 3.8) is 0 Å². The minimum absolute atomic E-state index is 0.000564. The number of amides is 4. The van der Waals surface area contributed by atoms with Gasteiger partial charge in [0.1, 0.15) is 44.8 Å². The van der Waals surface area contributed by atoms with Crippen molar-refractivity contribution >= 4 is 157 Å². The van der Waals surface area contributed by atoms with E-state index in [9.17, 15) is 19.2 Å². The molecular weight excluding hydrogens is 1510 g/mol. The van der Waals surface area contributed by atoms with Gasteiger partial charge in [-0.05, 0) is 209 Å². The molecule has 4 aromatic carbocycles. The number of carbonyl (C=O) groups is 4. The van der Waals surface area contributed by atoms with Crippen molar-refractivity contribution < 1.29 is 19.2 Å². The highest BCUT2D eigenvalue weighted by atomic mass is 16.2. The smallest absolute Gasteiger partial charge is 0.259 e. The Balaban J connectivity index is 0.000000106. The first kappa shape index (κ1) is 77.2. The van der Waals surface area contributed by atoms with Gasteiger partial charge < -0.3 is 61.7 Å². The monoisotopic (exact) mass is 1600 g/mol. The number of fused-ring (bicyclic) bond motifs is 20. The van der Waals surface area contributed by atoms with E-state index in [1.807, 2.05) is 195 Å². The van der Waals surface area contributed by atoms with E-state index < -0.39 is 0 Å². The van der Waals surface area contributed by atoms with Crippen LogP contribution in [0.3, 0.4) is 0 Å². The maximum atomic E-state index is 14.0. The molecule has 4 amide bonds. The standard InChI is InChI=1S/2C24H26N6O.2C22H24N6O/c1-28-12-5-13-29(15-14-28)24(31)20-21(26-16-9-10-16)17-6-4-11-25-22(17)30-19-8-3-2-7-18(19)27-23(20)30;31-24(26-12-15-29-13-3-4-14-29)20-21(27-16-9-10-16)17-6-5-11-25-22(17)30-19-8-2-1-7-18(19)28-23(20)30;1-13-11-27(12-14(2)25-13)22(29)18-19(23-3)15-7-6-10-24-20(15)28-17-9-5-4-8-16(17)26-21(18)28;1-27(2)13-12-24-22(29)18-19(25-14-9-10-14)15-6-5-11-23-20(15)28-17-8-4-3-7-16(17)26-21(18)28/h2-4,6-8,11,16,26H,5,9-10,12-15H2,1H3;1-2,5-8,11,16,27H,3-4,9-10,12-15H2,(H,26,31);4-10,13-14,23,25H,11-12H2,1-3H3;3-8,11,14,25H,9-10,12-13H2,1-2H3,(H,24,29)/t;;13-,14+;. The summed E-state index contributed by atoms with van der Waals surface area (Å²) in [5.41, 5.74) is 19.0. The van der Waals surface area contributed by atoms with Crippen LogP contribution in [-0.4, -0.2) is 243 Å². The average Bonchev–Trinajstić information content (AvgIpc) is 1.54. The Kier molecular flexibility index (Phi) is 21.1. The number of nitrogens with one attached hydrogen (secondary N) is 7. The zero-order chi connectivity index (χ0) is 81.8. The summed E-state index contributed by atoms with van der Waals surface area (Å²) in [5.74, 6) is -0.125. The summed E-state index contributed by atoms with van der Waals surface area (Å²) in [7, 11) is 7.96. The van der Waals surface area contributed by atoms with Crippen LogP contribution in [-0.2, 0) is 0 Å². The third-order valence-electron chi connectivity index (χ3n) is 23.7. The van der Waals surface area contributed by atoms with Gasteiger partial charge in [-0.1, -0.05) is 48.5 Å². The molecule has 2 atom stereocenters. The Morgan fingerprint density at radius 2 is 0.775 bits per heavy atom. The molecule has 6 aliphatic rings. The lowest BCUT2D eigenvalue weighted by molar-refractivity contribution is 0.0675. The van der Waals surface area contributed by atoms with Gasteiger partial charge in [0.05, 0.1) is 66.9 Å². The number of anilines is 4. The highest BCUT2D eigenvalue weighted by Crippen LogP contribution is 2.42. The predicted octanol–water partition coefficient (Wildman–Crippen LogP) is 12.6. The number of likely N-dealkylation sites (N-methyl/N-ethyl adjacent to an activating group) is 2. The number of carbonyl (C=O) groups excluding carboxylic acids is 4. The highest BCUT2D eigenvalue weighted by molar-refractivity contribution is 6.17. The third kappa shape index (κ3) is 15.0. The van der Waals surface area contributed by atoms with Gasteiger partial charge in [-0.2, -0.15) is 0 Å². The maximum Gasteiger partial charge on any atom is 0.259 e. The SMILES string of the molecule is CN(C)CCNC(=O)c1c(NC2CC2)c2cccnc2n2c1nc1ccccc12.CN1CCCN(C(=O)c2c(NC3CC3)c3cccnc3n3c2nc2ccccc23)CC1.CNc1c(C(=O)N2C[C@@H](C)N[C@@H](C)C2)c2nc3ccccc3n2c2ncccc12.O=C(NCCN1CCCC1)c1c(NC2CC2)c2cccnc2n2c1nc1ccccc12. The number of hydrogen-bond acceptors (Lipinski definition) is 20. The van der Waals surface area contributed by atoms with Crippen molar-refractivity contribution in [2.24, 2.45) is 0 Å². The first-order valence-electron chi connectivity index (χ1n) is 42.4. The fourth-order valence-corrected chi connectivity index (χ4v) is 17.5. The first-order chi connectivity index (χ1) is 58.7. The third-order valence-corrected chi connectivity index (χ3v) is 23.7. The molecule has 28 heteroatoms. The van der Waals surface area contributed by atoms with E-state index in [1.54, 1.807) is 18.6 Å². The van der Waals surface area contributed by atoms with Gasteiger partial charge in [0.2, 0.25) is 0 Å². The minimum Gasteiger partial charge on any atom is -0.387 e. The summed E-state index contributed by atoms with van der Waals surface area (Å²) in [6, 6.07) is 49.5. The Labute approximate surface area is 693 Å². The van der Waals surface area contributed by atoms with Crippen molar-refractivity contribution in [1.82, 2.24) is 97.9 Å². The predicted molar refractivity (Wildman–Crippen MR) is 476 cm³/mol. The summed E-state index contributed by atoms with van der Waals surface area (Å²) in [5, 5.41) is 27.6. The van der Waals surface area contributed by atoms with E-state index in [0.29, 0.717) is 89.1 Å². The first-order valence-corrected chi connectivity index (χ1v) is 42.4. The second-order valence-corrected chi connectivity index (χ2v) is 33.0. The molecule has 3 aliphatic heterocycles.